The smallest absolute Gasteiger partial charge is 0.252 e. The van der Waals surface area contributed by atoms with Crippen LogP contribution in [-0.2, 0) is 16.0 Å². The van der Waals surface area contributed by atoms with Crippen molar-refractivity contribution in [2.45, 2.75) is 31.8 Å². The Balaban J connectivity index is 1.25. The molecule has 0 bridgehead atoms. The summed E-state index contributed by atoms with van der Waals surface area (Å²) in [5, 5.41) is 14.0. The van der Waals surface area contributed by atoms with Crippen LogP contribution >= 0.6 is 0 Å². The number of fused-ring (bicyclic) bond motifs is 1. The molecule has 1 aromatic rings. The Kier molecular flexibility index (Phi) is 4.26. The minimum atomic E-state index is -0.173. The Morgan fingerprint density at radius 1 is 1.26 bits per heavy atom. The largest absolute Gasteiger partial charge is 0.368 e. The van der Waals surface area contributed by atoms with E-state index in [9.17, 15) is 4.79 Å². The van der Waals surface area contributed by atoms with Crippen LogP contribution in [0.2, 0.25) is 0 Å². The van der Waals surface area contributed by atoms with Gasteiger partial charge in [-0.3, -0.25) is 9.69 Å². The number of hydrogen-bond donors (Lipinski definition) is 1. The number of carbonyl (C=O) groups excluding carboxylic acids is 1. The van der Waals surface area contributed by atoms with Crippen LogP contribution in [0.25, 0.3) is 0 Å². The molecule has 1 aromatic heterocycles. The van der Waals surface area contributed by atoms with Gasteiger partial charge in [0.05, 0.1) is 6.61 Å². The highest BCUT2D eigenvalue weighted by Gasteiger charge is 2.45. The van der Waals surface area contributed by atoms with Crippen molar-refractivity contribution >= 4 is 5.91 Å². The van der Waals surface area contributed by atoms with Crippen LogP contribution in [0, 0.1) is 11.8 Å². The van der Waals surface area contributed by atoms with Crippen molar-refractivity contribution in [3.63, 3.8) is 0 Å². The van der Waals surface area contributed by atoms with Crippen LogP contribution < -0.4 is 0 Å². The maximum absolute atomic E-state index is 12.7. The number of nitrogens with one attached hydrogen (secondary N) is 1. The summed E-state index contributed by atoms with van der Waals surface area (Å²) in [7, 11) is 0. The first kappa shape index (κ1) is 15.0. The van der Waals surface area contributed by atoms with Gasteiger partial charge in [-0.15, -0.1) is 10.2 Å². The van der Waals surface area contributed by atoms with E-state index >= 15 is 0 Å². The van der Waals surface area contributed by atoms with E-state index in [1.807, 2.05) is 4.90 Å². The van der Waals surface area contributed by atoms with Crippen molar-refractivity contribution in [3.8, 4) is 0 Å². The van der Waals surface area contributed by atoms with Gasteiger partial charge in [0, 0.05) is 39.1 Å². The van der Waals surface area contributed by atoms with E-state index in [4.69, 9.17) is 4.74 Å². The van der Waals surface area contributed by atoms with Crippen LogP contribution in [0.1, 0.15) is 25.1 Å². The topological polar surface area (TPSA) is 87.2 Å². The molecule has 1 amide bonds. The molecular weight excluding hydrogens is 296 g/mol. The molecule has 1 saturated carbocycles. The number of piperazine rings is 1. The number of rotatable bonds is 4. The van der Waals surface area contributed by atoms with Gasteiger partial charge in [0.1, 0.15) is 6.10 Å². The Bertz CT molecular complexity index is 528. The number of amides is 1. The molecule has 3 heterocycles. The summed E-state index contributed by atoms with van der Waals surface area (Å²) < 4.78 is 5.83. The Hall–Kier alpha value is -1.54. The van der Waals surface area contributed by atoms with Crippen LogP contribution in [0.15, 0.2) is 0 Å². The number of hydrogen-bond acceptors (Lipinski definition) is 6. The Morgan fingerprint density at radius 2 is 2.13 bits per heavy atom. The van der Waals surface area contributed by atoms with E-state index in [1.54, 1.807) is 0 Å². The van der Waals surface area contributed by atoms with Gasteiger partial charge in [-0.2, -0.15) is 5.21 Å². The second-order valence-electron chi connectivity index (χ2n) is 6.85. The number of nitrogens with zero attached hydrogens (tertiary/aromatic N) is 5. The van der Waals surface area contributed by atoms with Crippen LogP contribution in [0.5, 0.6) is 0 Å². The maximum atomic E-state index is 12.7. The number of aromatic amines is 1. The fourth-order valence-electron chi connectivity index (χ4n) is 4.19. The molecule has 126 valence electrons. The van der Waals surface area contributed by atoms with E-state index in [0.29, 0.717) is 11.8 Å². The molecule has 0 radical (unpaired) electrons. The first-order valence-corrected chi connectivity index (χ1v) is 8.66. The highest BCUT2D eigenvalue weighted by Crippen LogP contribution is 2.41. The summed E-state index contributed by atoms with van der Waals surface area (Å²) in [5.74, 6) is 2.06. The van der Waals surface area contributed by atoms with Crippen molar-refractivity contribution in [3.05, 3.63) is 5.82 Å². The number of carbonyl (C=O) groups is 1. The second kappa shape index (κ2) is 6.52. The van der Waals surface area contributed by atoms with E-state index in [0.717, 1.165) is 58.0 Å². The first-order chi connectivity index (χ1) is 11.3. The molecule has 2 aliphatic heterocycles. The highest BCUT2D eigenvalue weighted by atomic mass is 16.5. The molecule has 1 N–H and O–H groups in total. The third kappa shape index (κ3) is 3.10. The molecule has 2 saturated heterocycles. The standard InChI is InChI=1S/C15H24N6O2/c22-15(14-12-3-1-2-11(12)10-23-14)21-8-6-20(7-9-21)5-4-13-16-18-19-17-13/h11-12,14H,1-10H2,(H,16,17,18,19)/t11-,12-,14+/m0/s1. The maximum Gasteiger partial charge on any atom is 0.252 e. The molecule has 4 rings (SSSR count). The van der Waals surface area contributed by atoms with Crippen LogP contribution in [-0.4, -0.2) is 81.8 Å². The molecule has 8 heteroatoms. The van der Waals surface area contributed by atoms with Gasteiger partial charge in [0.15, 0.2) is 5.82 Å². The Morgan fingerprint density at radius 3 is 2.91 bits per heavy atom. The van der Waals surface area contributed by atoms with E-state index in [2.05, 4.69) is 25.5 Å². The normalized spacial score (nSPS) is 31.5. The van der Waals surface area contributed by atoms with Crippen molar-refractivity contribution < 1.29 is 9.53 Å². The van der Waals surface area contributed by atoms with Crippen molar-refractivity contribution in [1.29, 1.82) is 0 Å². The van der Waals surface area contributed by atoms with Gasteiger partial charge in [0.25, 0.3) is 5.91 Å². The lowest BCUT2D eigenvalue weighted by atomic mass is 9.93. The quantitative estimate of drug-likeness (QED) is 0.820. The van der Waals surface area contributed by atoms with Crippen molar-refractivity contribution in [2.75, 3.05) is 39.3 Å². The van der Waals surface area contributed by atoms with Gasteiger partial charge in [0.2, 0.25) is 0 Å². The molecule has 0 spiro atoms. The molecule has 23 heavy (non-hydrogen) atoms. The molecule has 3 aliphatic rings. The monoisotopic (exact) mass is 320 g/mol. The molecule has 1 aliphatic carbocycles. The van der Waals surface area contributed by atoms with Gasteiger partial charge in [-0.05, 0) is 24.7 Å². The number of ether oxygens (including phenoxy) is 1. The lowest BCUT2D eigenvalue weighted by molar-refractivity contribution is -0.144. The molecule has 0 unspecified atom stereocenters. The van der Waals surface area contributed by atoms with Gasteiger partial charge in [-0.25, -0.2) is 0 Å². The van der Waals surface area contributed by atoms with E-state index in [-0.39, 0.29) is 12.0 Å². The minimum Gasteiger partial charge on any atom is -0.368 e. The summed E-state index contributed by atoms with van der Waals surface area (Å²) >= 11 is 0. The second-order valence-corrected chi connectivity index (χ2v) is 6.85. The van der Waals surface area contributed by atoms with Crippen molar-refractivity contribution in [2.24, 2.45) is 11.8 Å². The van der Waals surface area contributed by atoms with E-state index in [1.165, 1.54) is 12.8 Å². The van der Waals surface area contributed by atoms with Gasteiger partial charge in [-0.1, -0.05) is 11.6 Å². The zero-order valence-electron chi connectivity index (χ0n) is 13.4. The molecular formula is C15H24N6O2. The summed E-state index contributed by atoms with van der Waals surface area (Å²) in [6, 6.07) is 0. The average molecular weight is 320 g/mol. The lowest BCUT2D eigenvalue weighted by Gasteiger charge is -2.36. The lowest BCUT2D eigenvalue weighted by Crippen LogP contribution is -2.52. The van der Waals surface area contributed by atoms with Crippen LogP contribution in [0.3, 0.4) is 0 Å². The van der Waals surface area contributed by atoms with Crippen molar-refractivity contribution in [1.82, 2.24) is 30.4 Å². The molecule has 0 aromatic carbocycles. The fourth-order valence-corrected chi connectivity index (χ4v) is 4.19. The third-order valence-corrected chi connectivity index (χ3v) is 5.56. The first-order valence-electron chi connectivity index (χ1n) is 8.66. The highest BCUT2D eigenvalue weighted by molar-refractivity contribution is 5.81. The number of H-pyrrole nitrogens is 1. The number of tetrazole rings is 1. The average Bonchev–Trinajstić information content (AvgIpc) is 3.30. The number of aromatic nitrogens is 4. The van der Waals surface area contributed by atoms with Gasteiger partial charge < -0.3 is 9.64 Å². The molecule has 8 nitrogen and oxygen atoms in total. The summed E-state index contributed by atoms with van der Waals surface area (Å²) in [6.07, 6.45) is 4.27. The fraction of sp³-hybridized carbons (Fsp3) is 0.867. The van der Waals surface area contributed by atoms with Crippen LogP contribution in [0.4, 0.5) is 0 Å². The zero-order valence-corrected chi connectivity index (χ0v) is 13.4. The molecule has 3 fully saturated rings. The predicted molar refractivity (Wildman–Crippen MR) is 81.5 cm³/mol. The van der Waals surface area contributed by atoms with Gasteiger partial charge >= 0.3 is 0 Å². The zero-order chi connectivity index (χ0) is 15.6. The molecule has 3 atom stereocenters. The predicted octanol–water partition coefficient (Wildman–Crippen LogP) is -0.298. The minimum absolute atomic E-state index is 0.173. The SMILES string of the molecule is O=C([C@@H]1OC[C@@H]2CCC[C@@H]21)N1CCN(CCc2nn[nH]n2)CC1. The Labute approximate surface area is 135 Å². The summed E-state index contributed by atoms with van der Waals surface area (Å²) in [5.41, 5.74) is 0. The third-order valence-electron chi connectivity index (χ3n) is 5.56. The summed E-state index contributed by atoms with van der Waals surface area (Å²) in [6.45, 7) is 5.09. The van der Waals surface area contributed by atoms with E-state index < -0.39 is 0 Å². The summed E-state index contributed by atoms with van der Waals surface area (Å²) in [4.78, 5) is 17.1.